The number of carbonyl (C=O) groups excluding carboxylic acids is 2. The summed E-state index contributed by atoms with van der Waals surface area (Å²) in [6.45, 7) is 0.923. The van der Waals surface area contributed by atoms with Crippen molar-refractivity contribution in [2.45, 2.75) is 50.3 Å². The number of hydrogen-bond acceptors (Lipinski definition) is 7. The fraction of sp³-hybridized carbons (Fsp3) is 0.500. The lowest BCUT2D eigenvalue weighted by atomic mass is 9.99. The minimum atomic E-state index is -4.43. The summed E-state index contributed by atoms with van der Waals surface area (Å²) in [7, 11) is -4.43. The van der Waals surface area contributed by atoms with Crippen LogP contribution in [0.3, 0.4) is 0 Å². The van der Waals surface area contributed by atoms with Gasteiger partial charge < -0.3 is 14.6 Å². The molecule has 0 radical (unpaired) electrons. The average molecular weight is 533 g/mol. The number of carboxylic acids is 1. The maximum atomic E-state index is 13.8. The Balaban J connectivity index is 1.94. The molecule has 1 aromatic carbocycles. The van der Waals surface area contributed by atoms with E-state index < -0.39 is 51.9 Å². The summed E-state index contributed by atoms with van der Waals surface area (Å²) in [5.74, 6) is -2.68. The van der Waals surface area contributed by atoms with E-state index in [1.54, 1.807) is 6.92 Å². The number of allylic oxidation sites excluding steroid dienone is 1. The molecular weight excluding hydrogens is 507 g/mol. The first kappa shape index (κ1) is 26.7. The molecule has 10 nitrogen and oxygen atoms in total. The number of amides is 1. The Labute approximate surface area is 207 Å². The van der Waals surface area contributed by atoms with E-state index in [0.29, 0.717) is 23.6 Å². The summed E-state index contributed by atoms with van der Waals surface area (Å²) in [5, 5.41) is 7.75. The highest BCUT2D eigenvalue weighted by molar-refractivity contribution is 7.93. The molecule has 3 rings (SSSR count). The standard InChI is InChI=1S/C22H26ClFN2O8S/c1-2-33-21(29)15-6-3-4-8-19(15)35(31,32)26(17-10-9-14(24)12-16(17)23)13-34-22(30)25-11-5-7-18(25)20(27)28/h6,9-10,12,18-19H,2-5,7-8,11,13H2,1H3,(H,27,28). The highest BCUT2D eigenvalue weighted by Crippen LogP contribution is 2.35. The third-order valence-corrected chi connectivity index (χ3v) is 8.24. The molecule has 192 valence electrons. The van der Waals surface area contributed by atoms with Gasteiger partial charge in [-0.15, -0.1) is 0 Å². The number of esters is 1. The van der Waals surface area contributed by atoms with Gasteiger partial charge in [0.05, 0.1) is 22.9 Å². The highest BCUT2D eigenvalue weighted by atomic mass is 35.5. The molecule has 1 aliphatic carbocycles. The first-order valence-corrected chi connectivity index (χ1v) is 13.0. The second-order valence-corrected chi connectivity index (χ2v) is 10.5. The third-order valence-electron chi connectivity index (χ3n) is 5.82. The molecule has 35 heavy (non-hydrogen) atoms. The van der Waals surface area contributed by atoms with Crippen LogP contribution in [-0.2, 0) is 29.1 Å². The second-order valence-electron chi connectivity index (χ2n) is 8.02. The van der Waals surface area contributed by atoms with Crippen molar-refractivity contribution in [3.05, 3.63) is 40.7 Å². The van der Waals surface area contributed by atoms with Crippen LogP contribution >= 0.6 is 11.6 Å². The summed E-state index contributed by atoms with van der Waals surface area (Å²) in [6.07, 6.45) is 2.24. The molecule has 1 N–H and O–H groups in total. The van der Waals surface area contributed by atoms with Crippen LogP contribution in [-0.4, -0.2) is 67.6 Å². The number of sulfonamides is 1. The Kier molecular flexibility index (Phi) is 8.60. The molecule has 2 atom stereocenters. The topological polar surface area (TPSA) is 131 Å². The van der Waals surface area contributed by atoms with Crippen LogP contribution in [0.25, 0.3) is 0 Å². The Hall–Kier alpha value is -2.86. The van der Waals surface area contributed by atoms with Gasteiger partial charge in [0.2, 0.25) is 10.0 Å². The number of rotatable bonds is 8. The molecule has 0 saturated carbocycles. The second kappa shape index (κ2) is 11.3. The Bertz CT molecular complexity index is 1130. The van der Waals surface area contributed by atoms with Gasteiger partial charge in [-0.2, -0.15) is 0 Å². The minimum Gasteiger partial charge on any atom is -0.480 e. The molecule has 1 fully saturated rings. The highest BCUT2D eigenvalue weighted by Gasteiger charge is 2.41. The number of nitrogens with zero attached hydrogens (tertiary/aromatic N) is 2. The molecule has 0 aromatic heterocycles. The number of halogens is 2. The molecular formula is C22H26ClFN2O8S. The van der Waals surface area contributed by atoms with E-state index in [0.717, 1.165) is 23.1 Å². The van der Waals surface area contributed by atoms with E-state index in [2.05, 4.69) is 0 Å². The quantitative estimate of drug-likeness (QED) is 0.398. The lowest BCUT2D eigenvalue weighted by molar-refractivity contribution is -0.141. The molecule has 2 unspecified atom stereocenters. The summed E-state index contributed by atoms with van der Waals surface area (Å²) in [6, 6.07) is 1.94. The molecule has 1 aliphatic heterocycles. The number of likely N-dealkylation sites (tertiary alicyclic amines) is 1. The van der Waals surface area contributed by atoms with E-state index >= 15 is 0 Å². The maximum Gasteiger partial charge on any atom is 0.412 e. The van der Waals surface area contributed by atoms with Gasteiger partial charge in [0.15, 0.2) is 6.73 Å². The van der Waals surface area contributed by atoms with Crippen LogP contribution in [0.5, 0.6) is 0 Å². The largest absolute Gasteiger partial charge is 0.480 e. The number of carboxylic acid groups (broad SMARTS) is 1. The Morgan fingerprint density at radius 1 is 1.23 bits per heavy atom. The van der Waals surface area contributed by atoms with Gasteiger partial charge in [-0.3, -0.25) is 4.90 Å². The van der Waals surface area contributed by atoms with Crippen molar-refractivity contribution in [2.75, 3.05) is 24.2 Å². The fourth-order valence-corrected chi connectivity index (χ4v) is 6.38. The number of ether oxygens (including phenoxy) is 2. The zero-order chi connectivity index (χ0) is 25.8. The maximum absolute atomic E-state index is 13.8. The van der Waals surface area contributed by atoms with Crippen molar-refractivity contribution in [2.24, 2.45) is 0 Å². The van der Waals surface area contributed by atoms with Gasteiger partial charge in [-0.25, -0.2) is 31.5 Å². The van der Waals surface area contributed by atoms with Crippen LogP contribution < -0.4 is 4.31 Å². The Morgan fingerprint density at radius 2 is 1.97 bits per heavy atom. The molecule has 1 aromatic rings. The van der Waals surface area contributed by atoms with E-state index in [4.69, 9.17) is 21.1 Å². The van der Waals surface area contributed by atoms with Crippen molar-refractivity contribution in [1.82, 2.24) is 4.90 Å². The van der Waals surface area contributed by atoms with Crippen molar-refractivity contribution in [3.63, 3.8) is 0 Å². The van der Waals surface area contributed by atoms with Crippen LogP contribution in [0.1, 0.15) is 39.0 Å². The SMILES string of the molecule is CCOC(=O)C1=CCCCC1S(=O)(=O)N(COC(=O)N1CCCC1C(=O)O)c1ccc(F)cc1Cl. The zero-order valence-corrected chi connectivity index (χ0v) is 20.6. The molecule has 0 spiro atoms. The van der Waals surface area contributed by atoms with Gasteiger partial charge in [-0.1, -0.05) is 17.7 Å². The summed E-state index contributed by atoms with van der Waals surface area (Å²) >= 11 is 6.14. The average Bonchev–Trinajstić information content (AvgIpc) is 3.31. The molecule has 1 saturated heterocycles. The lowest BCUT2D eigenvalue weighted by Gasteiger charge is -2.32. The van der Waals surface area contributed by atoms with Crippen LogP contribution in [0.2, 0.25) is 5.02 Å². The van der Waals surface area contributed by atoms with Gasteiger partial charge in [0.25, 0.3) is 0 Å². The summed E-state index contributed by atoms with van der Waals surface area (Å²) < 4.78 is 52.2. The summed E-state index contributed by atoms with van der Waals surface area (Å²) in [5.41, 5.74) is -0.205. The number of benzene rings is 1. The number of hydrogen-bond donors (Lipinski definition) is 1. The van der Waals surface area contributed by atoms with Crippen LogP contribution in [0.15, 0.2) is 29.8 Å². The molecule has 2 aliphatic rings. The van der Waals surface area contributed by atoms with E-state index in [1.165, 1.54) is 6.08 Å². The van der Waals surface area contributed by atoms with Crippen LogP contribution in [0, 0.1) is 5.82 Å². The van der Waals surface area contributed by atoms with Crippen molar-refractivity contribution in [1.29, 1.82) is 0 Å². The van der Waals surface area contributed by atoms with Gasteiger partial charge in [0, 0.05) is 6.54 Å². The third kappa shape index (κ3) is 5.87. The number of aliphatic carboxylic acids is 1. The normalized spacial score (nSPS) is 20.2. The van der Waals surface area contributed by atoms with E-state index in [1.807, 2.05) is 0 Å². The summed E-state index contributed by atoms with van der Waals surface area (Å²) in [4.78, 5) is 37.5. The first-order chi connectivity index (χ1) is 16.6. The molecule has 0 bridgehead atoms. The smallest absolute Gasteiger partial charge is 0.412 e. The monoisotopic (exact) mass is 532 g/mol. The van der Waals surface area contributed by atoms with Crippen LogP contribution in [0.4, 0.5) is 14.9 Å². The van der Waals surface area contributed by atoms with Crippen molar-refractivity contribution < 1.29 is 41.8 Å². The van der Waals surface area contributed by atoms with E-state index in [9.17, 15) is 32.3 Å². The first-order valence-electron chi connectivity index (χ1n) is 11.1. The fourth-order valence-electron chi connectivity index (χ4n) is 4.14. The molecule has 1 heterocycles. The van der Waals surface area contributed by atoms with Gasteiger partial charge >= 0.3 is 18.0 Å². The Morgan fingerprint density at radius 3 is 2.63 bits per heavy atom. The number of carbonyl (C=O) groups is 3. The van der Waals surface area contributed by atoms with Gasteiger partial charge in [-0.05, 0) is 57.2 Å². The van der Waals surface area contributed by atoms with Gasteiger partial charge in [0.1, 0.15) is 17.1 Å². The molecule has 13 heteroatoms. The molecule has 1 amide bonds. The number of anilines is 1. The van der Waals surface area contributed by atoms with Crippen molar-refractivity contribution >= 4 is 45.3 Å². The van der Waals surface area contributed by atoms with Crippen molar-refractivity contribution in [3.8, 4) is 0 Å². The predicted molar refractivity (Wildman–Crippen MR) is 124 cm³/mol. The lowest BCUT2D eigenvalue weighted by Crippen LogP contribution is -2.46. The van der Waals surface area contributed by atoms with E-state index in [-0.39, 0.29) is 42.3 Å². The predicted octanol–water partition coefficient (Wildman–Crippen LogP) is 3.30. The minimum absolute atomic E-state index is 0.0434. The zero-order valence-electron chi connectivity index (χ0n) is 19.0.